The first-order chi connectivity index (χ1) is 11.7. The Morgan fingerprint density at radius 3 is 2.67 bits per heavy atom. The number of aliphatic imine (C=N–C) groups is 1. The number of para-hydroxylation sites is 2. The number of piperidine rings is 1. The molecule has 2 aromatic carbocycles. The molecule has 0 radical (unpaired) electrons. The number of ether oxygens (including phenoxy) is 1. The molecule has 0 aromatic heterocycles. The summed E-state index contributed by atoms with van der Waals surface area (Å²) >= 11 is 0. The molecule has 1 fully saturated rings. The van der Waals surface area contributed by atoms with Gasteiger partial charge in [0.15, 0.2) is 0 Å². The van der Waals surface area contributed by atoms with Gasteiger partial charge in [-0.2, -0.15) is 0 Å². The number of hydrogen-bond donors (Lipinski definition) is 1. The first-order valence-corrected chi connectivity index (χ1v) is 8.56. The van der Waals surface area contributed by atoms with Crippen LogP contribution in [0.3, 0.4) is 0 Å². The van der Waals surface area contributed by atoms with Crippen molar-refractivity contribution in [2.24, 2.45) is 10.9 Å². The van der Waals surface area contributed by atoms with Gasteiger partial charge in [-0.15, -0.1) is 0 Å². The van der Waals surface area contributed by atoms with Crippen LogP contribution in [0.1, 0.15) is 18.4 Å². The maximum absolute atomic E-state index is 5.46. The molecule has 0 bridgehead atoms. The summed E-state index contributed by atoms with van der Waals surface area (Å²) in [6.07, 6.45) is 2.29. The van der Waals surface area contributed by atoms with E-state index in [-0.39, 0.29) is 0 Å². The lowest BCUT2D eigenvalue weighted by molar-refractivity contribution is 0.252. The minimum Gasteiger partial charge on any atom is -0.497 e. The van der Waals surface area contributed by atoms with Crippen molar-refractivity contribution in [1.82, 2.24) is 4.90 Å². The monoisotopic (exact) mass is 321 g/mol. The molecule has 1 N–H and O–H groups in total. The molecule has 124 valence electrons. The van der Waals surface area contributed by atoms with Crippen molar-refractivity contribution in [1.29, 1.82) is 0 Å². The highest BCUT2D eigenvalue weighted by Gasteiger charge is 2.27. The highest BCUT2D eigenvalue weighted by atomic mass is 16.5. The van der Waals surface area contributed by atoms with Crippen molar-refractivity contribution < 1.29 is 4.74 Å². The summed E-state index contributed by atoms with van der Waals surface area (Å²) in [4.78, 5) is 7.48. The van der Waals surface area contributed by atoms with Gasteiger partial charge < -0.3 is 15.0 Å². The van der Waals surface area contributed by atoms with E-state index in [1.165, 1.54) is 11.3 Å². The predicted molar refractivity (Wildman–Crippen MR) is 99.1 cm³/mol. The Morgan fingerprint density at radius 2 is 1.88 bits per heavy atom. The van der Waals surface area contributed by atoms with Crippen molar-refractivity contribution in [3.8, 4) is 5.75 Å². The third kappa shape index (κ3) is 2.78. The van der Waals surface area contributed by atoms with E-state index in [1.807, 2.05) is 18.2 Å². The van der Waals surface area contributed by atoms with E-state index in [0.29, 0.717) is 5.92 Å². The summed E-state index contributed by atoms with van der Waals surface area (Å²) in [5.41, 5.74) is 5.54. The lowest BCUT2D eigenvalue weighted by Gasteiger charge is -2.30. The fourth-order valence-electron chi connectivity index (χ4n) is 3.58. The van der Waals surface area contributed by atoms with Gasteiger partial charge in [0.05, 0.1) is 24.2 Å². The number of methoxy groups -OCH3 is 1. The molecule has 0 atom stereocenters. The number of nitrogens with zero attached hydrogens (tertiary/aromatic N) is 2. The van der Waals surface area contributed by atoms with Crippen LogP contribution in [0.4, 0.5) is 17.1 Å². The van der Waals surface area contributed by atoms with Crippen LogP contribution in [-0.2, 0) is 0 Å². The van der Waals surface area contributed by atoms with Crippen LogP contribution in [-0.4, -0.2) is 37.9 Å². The van der Waals surface area contributed by atoms with Crippen molar-refractivity contribution in [2.75, 3.05) is 32.6 Å². The van der Waals surface area contributed by atoms with E-state index in [9.17, 15) is 0 Å². The van der Waals surface area contributed by atoms with Crippen molar-refractivity contribution in [2.45, 2.75) is 12.8 Å². The fourth-order valence-corrected chi connectivity index (χ4v) is 3.58. The van der Waals surface area contributed by atoms with Gasteiger partial charge in [-0.25, -0.2) is 0 Å². The number of nitrogens with one attached hydrogen (secondary N) is 1. The van der Waals surface area contributed by atoms with Crippen molar-refractivity contribution in [3.63, 3.8) is 0 Å². The Morgan fingerprint density at radius 1 is 1.08 bits per heavy atom. The first kappa shape index (κ1) is 15.2. The Balaban J connectivity index is 1.83. The number of likely N-dealkylation sites (tertiary alicyclic amines) is 1. The van der Waals surface area contributed by atoms with Gasteiger partial charge in [-0.3, -0.25) is 4.99 Å². The molecule has 2 aliphatic heterocycles. The quantitative estimate of drug-likeness (QED) is 0.900. The summed E-state index contributed by atoms with van der Waals surface area (Å²) in [6.45, 7) is 2.25. The lowest BCUT2D eigenvalue weighted by Crippen LogP contribution is -2.34. The average Bonchev–Trinajstić information content (AvgIpc) is 2.78. The first-order valence-electron chi connectivity index (χ1n) is 8.56. The number of fused-ring (bicyclic) bond motifs is 2. The van der Waals surface area contributed by atoms with Crippen LogP contribution in [0, 0.1) is 5.92 Å². The molecular weight excluding hydrogens is 298 g/mol. The number of anilines is 2. The largest absolute Gasteiger partial charge is 0.497 e. The van der Waals surface area contributed by atoms with E-state index in [0.717, 1.165) is 48.7 Å². The average molecular weight is 321 g/mol. The molecule has 4 nitrogen and oxygen atoms in total. The van der Waals surface area contributed by atoms with E-state index in [4.69, 9.17) is 9.73 Å². The number of hydrogen-bond acceptors (Lipinski definition) is 4. The Labute approximate surface area is 143 Å². The van der Waals surface area contributed by atoms with Crippen molar-refractivity contribution in [3.05, 3.63) is 48.0 Å². The van der Waals surface area contributed by atoms with Gasteiger partial charge >= 0.3 is 0 Å². The molecule has 2 aliphatic rings. The minimum atomic E-state index is 0.486. The molecule has 0 amide bonds. The van der Waals surface area contributed by atoms with E-state index < -0.39 is 0 Å². The van der Waals surface area contributed by atoms with Gasteiger partial charge in [-0.1, -0.05) is 12.1 Å². The summed E-state index contributed by atoms with van der Waals surface area (Å²) in [5, 5.41) is 3.55. The highest BCUT2D eigenvalue weighted by molar-refractivity contribution is 6.10. The van der Waals surface area contributed by atoms with Crippen LogP contribution < -0.4 is 10.1 Å². The molecule has 0 spiro atoms. The van der Waals surface area contributed by atoms with E-state index >= 15 is 0 Å². The fraction of sp³-hybridized carbons (Fsp3) is 0.350. The van der Waals surface area contributed by atoms with Gasteiger partial charge in [0.2, 0.25) is 0 Å². The molecule has 4 heteroatoms. The van der Waals surface area contributed by atoms with Gasteiger partial charge in [-0.05, 0) is 63.3 Å². The second kappa shape index (κ2) is 6.29. The zero-order valence-corrected chi connectivity index (χ0v) is 14.2. The number of benzene rings is 2. The van der Waals surface area contributed by atoms with Gasteiger partial charge in [0.1, 0.15) is 5.75 Å². The van der Waals surface area contributed by atoms with Gasteiger partial charge in [0.25, 0.3) is 0 Å². The molecule has 24 heavy (non-hydrogen) atoms. The second-order valence-electron chi connectivity index (χ2n) is 6.63. The Bertz CT molecular complexity index is 776. The molecule has 0 saturated carbocycles. The van der Waals surface area contributed by atoms with Gasteiger partial charge in [0, 0.05) is 17.2 Å². The second-order valence-corrected chi connectivity index (χ2v) is 6.63. The molecule has 4 rings (SSSR count). The minimum absolute atomic E-state index is 0.486. The van der Waals surface area contributed by atoms with Crippen LogP contribution in [0.5, 0.6) is 5.75 Å². The topological polar surface area (TPSA) is 36.9 Å². The SMILES string of the molecule is COc1ccc2c(c1)C(C1CCN(C)CC1)=Nc1ccccc1N2. The third-order valence-electron chi connectivity index (χ3n) is 5.02. The molecule has 0 unspecified atom stereocenters. The summed E-state index contributed by atoms with van der Waals surface area (Å²) in [5.74, 6) is 1.36. The molecule has 2 heterocycles. The molecule has 2 aromatic rings. The van der Waals surface area contributed by atoms with E-state index in [2.05, 4.69) is 41.5 Å². The molecular formula is C20H23N3O. The summed E-state index contributed by atoms with van der Waals surface area (Å²) in [6, 6.07) is 14.5. The maximum Gasteiger partial charge on any atom is 0.119 e. The van der Waals surface area contributed by atoms with E-state index in [1.54, 1.807) is 7.11 Å². The summed E-state index contributed by atoms with van der Waals surface area (Å²) in [7, 11) is 3.91. The predicted octanol–water partition coefficient (Wildman–Crippen LogP) is 4.21. The van der Waals surface area contributed by atoms with Crippen LogP contribution >= 0.6 is 0 Å². The van der Waals surface area contributed by atoms with Crippen LogP contribution in [0.25, 0.3) is 0 Å². The summed E-state index contributed by atoms with van der Waals surface area (Å²) < 4.78 is 5.46. The normalized spacial score (nSPS) is 18.0. The Hall–Kier alpha value is -2.33. The molecule has 0 aliphatic carbocycles. The lowest BCUT2D eigenvalue weighted by atomic mass is 9.87. The van der Waals surface area contributed by atoms with Crippen LogP contribution in [0.15, 0.2) is 47.5 Å². The zero-order valence-electron chi connectivity index (χ0n) is 14.2. The maximum atomic E-state index is 5.46. The Kier molecular flexibility index (Phi) is 3.98. The number of rotatable bonds is 2. The van der Waals surface area contributed by atoms with Crippen LogP contribution in [0.2, 0.25) is 0 Å². The molecule has 1 saturated heterocycles. The van der Waals surface area contributed by atoms with Crippen molar-refractivity contribution >= 4 is 22.8 Å². The standard InChI is InChI=1S/C20H23N3O/c1-23-11-9-14(10-12-23)20-16-13-15(24-2)7-8-17(16)21-18-5-3-4-6-19(18)22-20/h3-8,13-14,21H,9-12H2,1-2H3. The highest BCUT2D eigenvalue weighted by Crippen LogP contribution is 2.38. The smallest absolute Gasteiger partial charge is 0.119 e. The third-order valence-corrected chi connectivity index (χ3v) is 5.02. The zero-order chi connectivity index (χ0) is 16.5.